The van der Waals surface area contributed by atoms with Crippen LogP contribution < -0.4 is 9.64 Å². The van der Waals surface area contributed by atoms with Crippen molar-refractivity contribution >= 4 is 56.6 Å². The van der Waals surface area contributed by atoms with Gasteiger partial charge in [-0.3, -0.25) is 14.4 Å². The number of amides is 1. The average molecular weight is 444 g/mol. The fourth-order valence-electron chi connectivity index (χ4n) is 2.79. The van der Waals surface area contributed by atoms with Crippen LogP contribution in [0.3, 0.4) is 0 Å². The number of likely N-dealkylation sites (N-methyl/N-ethyl adjacent to an activating group) is 1. The highest BCUT2D eigenvalue weighted by molar-refractivity contribution is 7.23. The highest BCUT2D eigenvalue weighted by atomic mass is 35.5. The van der Waals surface area contributed by atoms with Gasteiger partial charge in [0.15, 0.2) is 5.13 Å². The van der Waals surface area contributed by atoms with E-state index in [4.69, 9.17) is 16.3 Å². The lowest BCUT2D eigenvalue weighted by Crippen LogP contribution is -2.38. The fraction of sp³-hybridized carbons (Fsp3) is 0.389. The molecule has 1 aromatic carbocycles. The summed E-state index contributed by atoms with van der Waals surface area (Å²) in [5, 5.41) is 5.37. The molecule has 0 aliphatic carbocycles. The quantitative estimate of drug-likeness (QED) is 0.581. The Bertz CT molecular complexity index is 966. The second-order valence-electron chi connectivity index (χ2n) is 6.48. The van der Waals surface area contributed by atoms with Gasteiger partial charge in [0.1, 0.15) is 17.0 Å². The maximum atomic E-state index is 13.3. The topological polar surface area (TPSA) is 63.5 Å². The van der Waals surface area contributed by atoms with Crippen LogP contribution >= 0.6 is 35.3 Å². The van der Waals surface area contributed by atoms with Crippen LogP contribution in [-0.4, -0.2) is 59.9 Å². The Morgan fingerprint density at radius 1 is 1.32 bits per heavy atom. The van der Waals surface area contributed by atoms with Gasteiger partial charge in [-0.15, -0.1) is 12.4 Å². The zero-order valence-electron chi connectivity index (χ0n) is 16.4. The zero-order valence-corrected chi connectivity index (χ0v) is 18.8. The minimum atomic E-state index is -0.136. The van der Waals surface area contributed by atoms with E-state index >= 15 is 0 Å². The molecule has 2 aromatic heterocycles. The summed E-state index contributed by atoms with van der Waals surface area (Å²) in [6, 6.07) is 3.56. The van der Waals surface area contributed by atoms with Gasteiger partial charge in [-0.25, -0.2) is 4.98 Å². The number of carbonyl (C=O) groups excluding carboxylic acids is 1. The lowest BCUT2D eigenvalue weighted by atomic mass is 10.2. The number of anilines is 1. The summed E-state index contributed by atoms with van der Waals surface area (Å²) < 4.78 is 7.80. The molecule has 0 unspecified atom stereocenters. The molecule has 1 amide bonds. The van der Waals surface area contributed by atoms with Crippen LogP contribution in [-0.2, 0) is 7.05 Å². The predicted molar refractivity (Wildman–Crippen MR) is 117 cm³/mol. The first kappa shape index (κ1) is 22.4. The Kier molecular flexibility index (Phi) is 7.28. The fourth-order valence-corrected chi connectivity index (χ4v) is 4.07. The van der Waals surface area contributed by atoms with E-state index in [-0.39, 0.29) is 18.3 Å². The number of hydrogen-bond acceptors (Lipinski definition) is 6. The third-order valence-electron chi connectivity index (χ3n) is 4.24. The molecule has 0 saturated heterocycles. The largest absolute Gasteiger partial charge is 0.494 e. The maximum absolute atomic E-state index is 13.3. The summed E-state index contributed by atoms with van der Waals surface area (Å²) in [6.45, 7) is 3.07. The minimum absolute atomic E-state index is 0. The van der Waals surface area contributed by atoms with E-state index in [1.54, 1.807) is 42.1 Å². The number of thiazole rings is 1. The summed E-state index contributed by atoms with van der Waals surface area (Å²) >= 11 is 7.73. The second kappa shape index (κ2) is 9.09. The molecule has 3 rings (SSSR count). The molecule has 28 heavy (non-hydrogen) atoms. The third kappa shape index (κ3) is 4.25. The van der Waals surface area contributed by atoms with Gasteiger partial charge in [-0.1, -0.05) is 22.9 Å². The molecule has 0 radical (unpaired) electrons. The van der Waals surface area contributed by atoms with Crippen molar-refractivity contribution in [2.75, 3.05) is 39.2 Å². The van der Waals surface area contributed by atoms with Gasteiger partial charge in [0.25, 0.3) is 5.91 Å². The second-order valence-corrected chi connectivity index (χ2v) is 7.87. The summed E-state index contributed by atoms with van der Waals surface area (Å²) in [5.41, 5.74) is 2.04. The number of nitrogens with zero attached hydrogens (tertiary/aromatic N) is 5. The number of hydrogen-bond donors (Lipinski definition) is 0. The van der Waals surface area contributed by atoms with Crippen molar-refractivity contribution in [1.29, 1.82) is 0 Å². The van der Waals surface area contributed by atoms with E-state index in [9.17, 15) is 4.79 Å². The van der Waals surface area contributed by atoms with Crippen LogP contribution in [0.1, 0.15) is 16.1 Å². The Morgan fingerprint density at radius 2 is 2.04 bits per heavy atom. The highest BCUT2D eigenvalue weighted by Gasteiger charge is 2.26. The van der Waals surface area contributed by atoms with Crippen LogP contribution in [0.2, 0.25) is 5.02 Å². The molecule has 2 heterocycles. The van der Waals surface area contributed by atoms with Crippen molar-refractivity contribution in [3.8, 4) is 5.75 Å². The number of rotatable bonds is 6. The summed E-state index contributed by atoms with van der Waals surface area (Å²) in [6.07, 6.45) is 1.69. The van der Waals surface area contributed by atoms with Gasteiger partial charge in [-0.05, 0) is 38.7 Å². The minimum Gasteiger partial charge on any atom is -0.494 e. The molecule has 0 bridgehead atoms. The van der Waals surface area contributed by atoms with Crippen molar-refractivity contribution < 1.29 is 9.53 Å². The predicted octanol–water partition coefficient (Wildman–Crippen LogP) is 3.63. The normalized spacial score (nSPS) is 11.0. The Labute approximate surface area is 179 Å². The van der Waals surface area contributed by atoms with Crippen molar-refractivity contribution in [3.05, 3.63) is 34.6 Å². The van der Waals surface area contributed by atoms with E-state index in [0.29, 0.717) is 40.2 Å². The van der Waals surface area contributed by atoms with Crippen molar-refractivity contribution in [1.82, 2.24) is 19.7 Å². The van der Waals surface area contributed by atoms with Gasteiger partial charge in [0.05, 0.1) is 23.0 Å². The van der Waals surface area contributed by atoms with Crippen molar-refractivity contribution in [3.63, 3.8) is 0 Å². The SMILES string of the molecule is COc1ccc(Cl)c2sc(N(CCN(C)C)C(=O)c3c(C)cnn3C)nc12.Cl. The van der Waals surface area contributed by atoms with E-state index in [0.717, 1.165) is 10.3 Å². The Morgan fingerprint density at radius 3 is 2.61 bits per heavy atom. The lowest BCUT2D eigenvalue weighted by molar-refractivity contribution is 0.0975. The molecule has 0 aliphatic heterocycles. The monoisotopic (exact) mass is 443 g/mol. The number of aryl methyl sites for hydroxylation is 2. The molecular formula is C18H23Cl2N5O2S. The van der Waals surface area contributed by atoms with Crippen LogP contribution in [0.5, 0.6) is 5.75 Å². The van der Waals surface area contributed by atoms with Gasteiger partial charge in [-0.2, -0.15) is 5.10 Å². The lowest BCUT2D eigenvalue weighted by Gasteiger charge is -2.22. The molecular weight excluding hydrogens is 421 g/mol. The molecule has 0 fully saturated rings. The average Bonchev–Trinajstić information content (AvgIpc) is 3.19. The molecule has 0 aliphatic rings. The number of benzene rings is 1. The number of halogens is 2. The van der Waals surface area contributed by atoms with Crippen molar-refractivity contribution in [2.24, 2.45) is 7.05 Å². The first-order chi connectivity index (χ1) is 12.8. The molecule has 0 saturated carbocycles. The van der Waals surface area contributed by atoms with E-state index in [1.165, 1.54) is 11.3 Å². The van der Waals surface area contributed by atoms with Crippen LogP contribution in [0.15, 0.2) is 18.3 Å². The molecule has 0 N–H and O–H groups in total. The van der Waals surface area contributed by atoms with E-state index in [1.807, 2.05) is 25.9 Å². The number of ether oxygens (including phenoxy) is 1. The summed E-state index contributed by atoms with van der Waals surface area (Å²) in [4.78, 5) is 21.7. The highest BCUT2D eigenvalue weighted by Crippen LogP contribution is 2.39. The molecule has 7 nitrogen and oxygen atoms in total. The molecule has 10 heteroatoms. The van der Waals surface area contributed by atoms with Crippen LogP contribution in [0.4, 0.5) is 5.13 Å². The smallest absolute Gasteiger partial charge is 0.278 e. The van der Waals surface area contributed by atoms with E-state index < -0.39 is 0 Å². The maximum Gasteiger partial charge on any atom is 0.278 e. The molecule has 0 atom stereocenters. The Balaban J connectivity index is 0.00000280. The van der Waals surface area contributed by atoms with Crippen molar-refractivity contribution in [2.45, 2.75) is 6.92 Å². The van der Waals surface area contributed by atoms with Crippen LogP contribution in [0, 0.1) is 6.92 Å². The first-order valence-corrected chi connectivity index (χ1v) is 9.61. The Hall–Kier alpha value is -1.87. The number of methoxy groups -OCH3 is 1. The first-order valence-electron chi connectivity index (χ1n) is 8.41. The number of fused-ring (bicyclic) bond motifs is 1. The molecule has 3 aromatic rings. The van der Waals surface area contributed by atoms with E-state index in [2.05, 4.69) is 10.1 Å². The molecule has 152 valence electrons. The van der Waals surface area contributed by atoms with Gasteiger partial charge < -0.3 is 9.64 Å². The van der Waals surface area contributed by atoms with Gasteiger partial charge in [0.2, 0.25) is 0 Å². The number of aromatic nitrogens is 3. The van der Waals surface area contributed by atoms with Crippen LogP contribution in [0.25, 0.3) is 10.2 Å². The standard InChI is InChI=1S/C18H22ClN5O2S.ClH/c1-11-10-20-23(4)15(11)17(25)24(9-8-22(2)3)18-21-14-13(26-5)7-6-12(19)16(14)27-18;/h6-7,10H,8-9H2,1-5H3;1H. The number of carbonyl (C=O) groups is 1. The summed E-state index contributed by atoms with van der Waals surface area (Å²) in [5.74, 6) is 0.497. The summed E-state index contributed by atoms with van der Waals surface area (Å²) in [7, 11) is 7.30. The van der Waals surface area contributed by atoms with Gasteiger partial charge >= 0.3 is 0 Å². The zero-order chi connectivity index (χ0) is 19.7. The van der Waals surface area contributed by atoms with Gasteiger partial charge in [0, 0.05) is 20.1 Å². The molecule has 0 spiro atoms. The third-order valence-corrected chi connectivity index (χ3v) is 5.78.